The number of carbonyl (C=O) groups is 1. The van der Waals surface area contributed by atoms with Gasteiger partial charge in [0, 0.05) is 24.8 Å². The SMILES string of the molecule is Cn1cnc(-c2cc(Cl)c(F)c(C(=O)NNS(=O)(=O)CC3CCC(NCC(F)(F)F)CC3)c2)c1. The zero-order chi connectivity index (χ0) is 25.1. The molecule has 14 heteroatoms. The minimum Gasteiger partial charge on any atom is -0.340 e. The summed E-state index contributed by atoms with van der Waals surface area (Å²) in [6, 6.07) is 2.19. The molecular weight excluding hydrogens is 502 g/mol. The highest BCUT2D eigenvalue weighted by Gasteiger charge is 2.31. The van der Waals surface area contributed by atoms with Crippen molar-refractivity contribution in [2.24, 2.45) is 13.0 Å². The predicted octanol–water partition coefficient (Wildman–Crippen LogP) is 3.15. The zero-order valence-corrected chi connectivity index (χ0v) is 19.7. The topological polar surface area (TPSA) is 105 Å². The van der Waals surface area contributed by atoms with Crippen LogP contribution in [0.5, 0.6) is 0 Å². The average molecular weight is 526 g/mol. The van der Waals surface area contributed by atoms with Crippen molar-refractivity contribution in [2.75, 3.05) is 12.3 Å². The van der Waals surface area contributed by atoms with Crippen molar-refractivity contribution in [3.63, 3.8) is 0 Å². The Morgan fingerprint density at radius 2 is 1.91 bits per heavy atom. The first-order valence-electron chi connectivity index (χ1n) is 10.4. The summed E-state index contributed by atoms with van der Waals surface area (Å²) < 4.78 is 77.8. The van der Waals surface area contributed by atoms with Crippen LogP contribution < -0.4 is 15.6 Å². The molecule has 0 unspecified atom stereocenters. The second kappa shape index (κ2) is 10.6. The van der Waals surface area contributed by atoms with Gasteiger partial charge in [-0.25, -0.2) is 17.8 Å². The fourth-order valence-electron chi connectivity index (χ4n) is 3.80. The normalized spacial score (nSPS) is 19.2. The van der Waals surface area contributed by atoms with Gasteiger partial charge < -0.3 is 9.88 Å². The number of nitrogens with one attached hydrogen (secondary N) is 3. The maximum atomic E-state index is 14.4. The van der Waals surface area contributed by atoms with Gasteiger partial charge >= 0.3 is 6.18 Å². The van der Waals surface area contributed by atoms with Gasteiger partial charge in [0.2, 0.25) is 10.0 Å². The van der Waals surface area contributed by atoms with Crippen LogP contribution in [-0.2, 0) is 17.1 Å². The predicted molar refractivity (Wildman–Crippen MR) is 118 cm³/mol. The first-order valence-corrected chi connectivity index (χ1v) is 12.4. The van der Waals surface area contributed by atoms with E-state index < -0.39 is 40.0 Å². The summed E-state index contributed by atoms with van der Waals surface area (Å²) in [5.74, 6) is -2.66. The van der Waals surface area contributed by atoms with E-state index in [2.05, 4.69) is 10.3 Å². The van der Waals surface area contributed by atoms with Crippen molar-refractivity contribution in [1.29, 1.82) is 0 Å². The lowest BCUT2D eigenvalue weighted by Crippen LogP contribution is -2.45. The van der Waals surface area contributed by atoms with Gasteiger partial charge in [-0.15, -0.1) is 4.83 Å². The molecule has 0 saturated heterocycles. The lowest BCUT2D eigenvalue weighted by Gasteiger charge is -2.29. The van der Waals surface area contributed by atoms with Crippen molar-refractivity contribution in [3.05, 3.63) is 41.1 Å². The molecule has 0 atom stereocenters. The lowest BCUT2D eigenvalue weighted by atomic mass is 9.87. The van der Waals surface area contributed by atoms with E-state index in [9.17, 15) is 30.8 Å². The number of aromatic nitrogens is 2. The van der Waals surface area contributed by atoms with E-state index >= 15 is 0 Å². The number of imidazole rings is 1. The third-order valence-corrected chi connectivity index (χ3v) is 7.08. The molecule has 8 nitrogen and oxygen atoms in total. The Labute approximate surface area is 199 Å². The van der Waals surface area contributed by atoms with Crippen molar-refractivity contribution >= 4 is 27.5 Å². The van der Waals surface area contributed by atoms with Gasteiger partial charge in [0.15, 0.2) is 5.82 Å². The molecule has 1 aliphatic carbocycles. The minimum absolute atomic E-state index is 0.281. The minimum atomic E-state index is -4.30. The van der Waals surface area contributed by atoms with Gasteiger partial charge in [-0.2, -0.15) is 13.2 Å². The smallest absolute Gasteiger partial charge is 0.340 e. The molecule has 1 aromatic carbocycles. The summed E-state index contributed by atoms with van der Waals surface area (Å²) in [4.78, 5) is 18.5. The molecule has 3 rings (SSSR count). The maximum Gasteiger partial charge on any atom is 0.401 e. The van der Waals surface area contributed by atoms with Gasteiger partial charge in [-0.1, -0.05) is 11.6 Å². The number of aryl methyl sites for hydroxylation is 1. The number of benzene rings is 1. The largest absolute Gasteiger partial charge is 0.401 e. The van der Waals surface area contributed by atoms with Crippen LogP contribution in [0.4, 0.5) is 17.6 Å². The number of hydrogen-bond acceptors (Lipinski definition) is 5. The standard InChI is InChI=1S/C20H24ClF4N5O3S/c1-30-8-17(27-11-30)13-6-15(18(22)16(21)7-13)19(31)28-29-34(32,33)9-12-2-4-14(5-3-12)26-10-20(23,24)25/h6-8,11-12,14,26,29H,2-5,9-10H2,1H3,(H,28,31). The summed E-state index contributed by atoms with van der Waals surface area (Å²) in [5, 5.41) is 2.10. The Morgan fingerprint density at radius 3 is 2.50 bits per heavy atom. The molecule has 1 aromatic heterocycles. The third-order valence-electron chi connectivity index (χ3n) is 5.49. The molecule has 1 amide bonds. The van der Waals surface area contributed by atoms with Crippen molar-refractivity contribution < 1.29 is 30.8 Å². The molecule has 188 valence electrons. The molecule has 1 fully saturated rings. The van der Waals surface area contributed by atoms with Crippen LogP contribution in [0.25, 0.3) is 11.3 Å². The Hall–Kier alpha value is -2.22. The Bertz CT molecular complexity index is 1130. The number of carbonyl (C=O) groups excluding carboxylic acids is 1. The van der Waals surface area contributed by atoms with Crippen LogP contribution in [0.15, 0.2) is 24.7 Å². The molecule has 0 aliphatic heterocycles. The summed E-state index contributed by atoms with van der Waals surface area (Å²) in [6.45, 7) is -1.09. The molecule has 0 bridgehead atoms. The Kier molecular flexibility index (Phi) is 8.22. The number of nitrogens with zero attached hydrogens (tertiary/aromatic N) is 2. The van der Waals surface area contributed by atoms with E-state index in [0.29, 0.717) is 36.9 Å². The number of amides is 1. The molecule has 1 heterocycles. The van der Waals surface area contributed by atoms with Gasteiger partial charge in [-0.3, -0.25) is 10.2 Å². The molecule has 1 aliphatic rings. The van der Waals surface area contributed by atoms with Gasteiger partial charge in [-0.05, 0) is 43.7 Å². The number of sulfonamides is 1. The summed E-state index contributed by atoms with van der Waals surface area (Å²) in [6.07, 6.45) is 0.506. The highest BCUT2D eigenvalue weighted by Crippen LogP contribution is 2.28. The van der Waals surface area contributed by atoms with Crippen LogP contribution in [-0.4, -0.2) is 48.4 Å². The molecule has 3 N–H and O–H groups in total. The molecule has 0 spiro atoms. The van der Waals surface area contributed by atoms with Crippen LogP contribution in [0.3, 0.4) is 0 Å². The van der Waals surface area contributed by atoms with Crippen molar-refractivity contribution in [1.82, 2.24) is 25.1 Å². The van der Waals surface area contributed by atoms with E-state index in [0.717, 1.165) is 0 Å². The number of hydrogen-bond donors (Lipinski definition) is 3. The maximum absolute atomic E-state index is 14.4. The molecule has 34 heavy (non-hydrogen) atoms. The quantitative estimate of drug-likeness (QED) is 0.363. The van der Waals surface area contributed by atoms with E-state index in [-0.39, 0.29) is 22.7 Å². The first-order chi connectivity index (χ1) is 15.8. The number of alkyl halides is 3. The summed E-state index contributed by atoms with van der Waals surface area (Å²) >= 11 is 5.90. The number of rotatable bonds is 8. The van der Waals surface area contributed by atoms with Crippen LogP contribution in [0.2, 0.25) is 5.02 Å². The van der Waals surface area contributed by atoms with Crippen molar-refractivity contribution in [2.45, 2.75) is 37.9 Å². The van der Waals surface area contributed by atoms with Gasteiger partial charge in [0.25, 0.3) is 5.91 Å². The Morgan fingerprint density at radius 1 is 1.24 bits per heavy atom. The van der Waals surface area contributed by atoms with Crippen LogP contribution in [0.1, 0.15) is 36.0 Å². The van der Waals surface area contributed by atoms with Gasteiger partial charge in [0.1, 0.15) is 0 Å². The van der Waals surface area contributed by atoms with Crippen LogP contribution >= 0.6 is 11.6 Å². The molecule has 1 saturated carbocycles. The fraction of sp³-hybridized carbons (Fsp3) is 0.500. The number of hydrazine groups is 1. The molecular formula is C20H24ClF4N5O3S. The Balaban J connectivity index is 1.56. The van der Waals surface area contributed by atoms with Crippen molar-refractivity contribution in [3.8, 4) is 11.3 Å². The molecule has 0 radical (unpaired) electrons. The van der Waals surface area contributed by atoms with Gasteiger partial charge in [0.05, 0.1) is 34.9 Å². The highest BCUT2D eigenvalue weighted by molar-refractivity contribution is 7.89. The highest BCUT2D eigenvalue weighted by atomic mass is 35.5. The fourth-order valence-corrected chi connectivity index (χ4v) is 5.31. The number of halogens is 5. The average Bonchev–Trinajstić information content (AvgIpc) is 3.19. The first kappa shape index (κ1) is 26.4. The van der Waals surface area contributed by atoms with E-state index in [1.54, 1.807) is 17.8 Å². The van der Waals surface area contributed by atoms with E-state index in [1.165, 1.54) is 18.5 Å². The van der Waals surface area contributed by atoms with E-state index in [4.69, 9.17) is 11.6 Å². The molecule has 2 aromatic rings. The zero-order valence-electron chi connectivity index (χ0n) is 18.1. The van der Waals surface area contributed by atoms with Crippen LogP contribution in [0, 0.1) is 11.7 Å². The third kappa shape index (κ3) is 7.39. The second-order valence-corrected chi connectivity index (χ2v) is 10.5. The monoisotopic (exact) mass is 525 g/mol. The second-order valence-electron chi connectivity index (χ2n) is 8.30. The summed E-state index contributed by atoms with van der Waals surface area (Å²) in [5.41, 5.74) is 2.34. The summed E-state index contributed by atoms with van der Waals surface area (Å²) in [7, 11) is -2.24. The lowest BCUT2D eigenvalue weighted by molar-refractivity contribution is -0.126. The van der Waals surface area contributed by atoms with E-state index in [1.807, 2.05) is 10.3 Å².